The Morgan fingerprint density at radius 3 is 3.06 bits per heavy atom. The Morgan fingerprint density at radius 1 is 1.62 bits per heavy atom. The van der Waals surface area contributed by atoms with E-state index < -0.39 is 6.10 Å². The first-order valence-electron chi connectivity index (χ1n) is 5.08. The first-order valence-corrected chi connectivity index (χ1v) is 5.96. The number of aliphatic hydroxyl groups is 1. The Labute approximate surface area is 98.1 Å². The number of aryl methyl sites for hydroxylation is 1. The summed E-state index contributed by atoms with van der Waals surface area (Å²) in [4.78, 5) is 0.818. The van der Waals surface area contributed by atoms with E-state index in [0.717, 1.165) is 22.7 Å². The highest BCUT2D eigenvalue weighted by Gasteiger charge is 2.18. The van der Waals surface area contributed by atoms with Gasteiger partial charge in [0, 0.05) is 18.3 Å². The number of hydrogen-bond donors (Lipinski definition) is 1. The van der Waals surface area contributed by atoms with E-state index >= 15 is 0 Å². The van der Waals surface area contributed by atoms with Crippen molar-refractivity contribution in [1.82, 2.24) is 9.78 Å². The molecule has 0 spiro atoms. The van der Waals surface area contributed by atoms with Crippen molar-refractivity contribution in [3.63, 3.8) is 0 Å². The number of ether oxygens (including phenoxy) is 1. The van der Waals surface area contributed by atoms with Gasteiger partial charge in [-0.25, -0.2) is 0 Å². The molecule has 0 fully saturated rings. The molecule has 0 saturated heterocycles. The summed E-state index contributed by atoms with van der Waals surface area (Å²) < 4.78 is 6.97. The lowest BCUT2D eigenvalue weighted by Gasteiger charge is -2.08. The number of hydrogen-bond acceptors (Lipinski definition) is 4. The minimum Gasteiger partial charge on any atom is -0.495 e. The predicted octanol–water partition coefficient (Wildman–Crippen LogP) is 2.05. The van der Waals surface area contributed by atoms with E-state index in [1.54, 1.807) is 18.0 Å². The van der Waals surface area contributed by atoms with Crippen molar-refractivity contribution in [3.8, 4) is 5.75 Å². The van der Waals surface area contributed by atoms with Crippen molar-refractivity contribution in [1.29, 1.82) is 0 Å². The van der Waals surface area contributed by atoms with E-state index in [9.17, 15) is 5.11 Å². The van der Waals surface area contributed by atoms with Crippen LogP contribution in [0.2, 0.25) is 0 Å². The number of rotatable bonds is 4. The van der Waals surface area contributed by atoms with Crippen LogP contribution in [0.3, 0.4) is 0 Å². The molecule has 0 aliphatic carbocycles. The third kappa shape index (κ3) is 1.96. The van der Waals surface area contributed by atoms with Gasteiger partial charge in [0.05, 0.1) is 18.2 Å². The topological polar surface area (TPSA) is 47.3 Å². The molecule has 1 atom stereocenters. The second-order valence-electron chi connectivity index (χ2n) is 3.39. The molecular formula is C11H14N2O2S. The van der Waals surface area contributed by atoms with Gasteiger partial charge in [0.15, 0.2) is 0 Å². The number of aliphatic hydroxyl groups excluding tert-OH is 1. The molecule has 16 heavy (non-hydrogen) atoms. The zero-order valence-electron chi connectivity index (χ0n) is 9.25. The van der Waals surface area contributed by atoms with E-state index in [0.29, 0.717) is 0 Å². The highest BCUT2D eigenvalue weighted by atomic mass is 32.1. The zero-order valence-corrected chi connectivity index (χ0v) is 10.1. The third-order valence-electron chi connectivity index (χ3n) is 2.42. The van der Waals surface area contributed by atoms with Crippen molar-refractivity contribution in [2.45, 2.75) is 19.6 Å². The van der Waals surface area contributed by atoms with Crippen LogP contribution < -0.4 is 4.74 Å². The van der Waals surface area contributed by atoms with Crippen LogP contribution in [0.25, 0.3) is 0 Å². The van der Waals surface area contributed by atoms with Crippen LogP contribution >= 0.6 is 11.3 Å². The van der Waals surface area contributed by atoms with Gasteiger partial charge in [-0.1, -0.05) is 0 Å². The van der Waals surface area contributed by atoms with Crippen LogP contribution in [0.1, 0.15) is 23.5 Å². The maximum Gasteiger partial charge on any atom is 0.135 e. The van der Waals surface area contributed by atoms with E-state index in [4.69, 9.17) is 4.74 Å². The highest BCUT2D eigenvalue weighted by molar-refractivity contribution is 7.10. The molecule has 2 heterocycles. The van der Waals surface area contributed by atoms with E-state index in [1.807, 2.05) is 24.6 Å². The monoisotopic (exact) mass is 238 g/mol. The molecule has 0 aliphatic heterocycles. The minimum atomic E-state index is -0.657. The molecule has 5 heteroatoms. The average molecular weight is 238 g/mol. The van der Waals surface area contributed by atoms with E-state index in [1.165, 1.54) is 11.3 Å². The summed E-state index contributed by atoms with van der Waals surface area (Å²) in [6, 6.07) is 1.85. The van der Waals surface area contributed by atoms with Crippen molar-refractivity contribution >= 4 is 11.3 Å². The maximum atomic E-state index is 10.2. The first kappa shape index (κ1) is 11.2. The molecule has 0 amide bonds. The Balaban J connectivity index is 2.27. The molecule has 0 aliphatic rings. The Kier molecular flexibility index (Phi) is 3.26. The SMILES string of the molecule is CCn1cc(C(O)c2sccc2OC)cn1. The van der Waals surface area contributed by atoms with Gasteiger partial charge >= 0.3 is 0 Å². The second-order valence-corrected chi connectivity index (χ2v) is 4.33. The molecule has 86 valence electrons. The quantitative estimate of drug-likeness (QED) is 0.886. The maximum absolute atomic E-state index is 10.2. The van der Waals surface area contributed by atoms with Crippen molar-refractivity contribution in [2.24, 2.45) is 0 Å². The summed E-state index contributed by atoms with van der Waals surface area (Å²) in [5, 5.41) is 16.2. The molecule has 1 N–H and O–H groups in total. The summed E-state index contributed by atoms with van der Waals surface area (Å²) >= 11 is 1.48. The fourth-order valence-corrected chi connectivity index (χ4v) is 2.39. The molecule has 4 nitrogen and oxygen atoms in total. The van der Waals surface area contributed by atoms with E-state index in [-0.39, 0.29) is 0 Å². The number of thiophene rings is 1. The fraction of sp³-hybridized carbons (Fsp3) is 0.364. The Bertz CT molecular complexity index is 464. The normalized spacial score (nSPS) is 12.7. The molecule has 0 aromatic carbocycles. The van der Waals surface area contributed by atoms with Gasteiger partial charge in [0.25, 0.3) is 0 Å². The van der Waals surface area contributed by atoms with Crippen LogP contribution in [-0.4, -0.2) is 22.0 Å². The molecule has 1 unspecified atom stereocenters. The summed E-state index contributed by atoms with van der Waals surface area (Å²) in [5.74, 6) is 0.724. The molecule has 0 bridgehead atoms. The van der Waals surface area contributed by atoms with Crippen LogP contribution in [0.5, 0.6) is 5.75 Å². The lowest BCUT2D eigenvalue weighted by molar-refractivity contribution is 0.219. The van der Waals surface area contributed by atoms with Crippen molar-refractivity contribution in [3.05, 3.63) is 34.3 Å². The first-order chi connectivity index (χ1) is 7.76. The molecule has 2 rings (SSSR count). The van der Waals surface area contributed by atoms with Gasteiger partial charge in [-0.3, -0.25) is 4.68 Å². The molecule has 0 radical (unpaired) electrons. The van der Waals surface area contributed by atoms with Gasteiger partial charge in [-0.05, 0) is 18.4 Å². The Morgan fingerprint density at radius 2 is 2.44 bits per heavy atom. The fourth-order valence-electron chi connectivity index (χ4n) is 1.52. The van der Waals surface area contributed by atoms with Crippen LogP contribution in [-0.2, 0) is 6.54 Å². The third-order valence-corrected chi connectivity index (χ3v) is 3.37. The number of methoxy groups -OCH3 is 1. The summed E-state index contributed by atoms with van der Waals surface area (Å²) in [7, 11) is 1.60. The van der Waals surface area contributed by atoms with Crippen LogP contribution in [0, 0.1) is 0 Å². The Hall–Kier alpha value is -1.33. The predicted molar refractivity (Wildman–Crippen MR) is 62.8 cm³/mol. The minimum absolute atomic E-state index is 0.657. The largest absolute Gasteiger partial charge is 0.495 e. The standard InChI is InChI=1S/C11H14N2O2S/c1-3-13-7-8(6-12-13)10(14)11-9(15-2)4-5-16-11/h4-7,10,14H,3H2,1-2H3. The second kappa shape index (κ2) is 4.67. The average Bonchev–Trinajstić information content (AvgIpc) is 2.96. The number of nitrogens with zero attached hydrogens (tertiary/aromatic N) is 2. The summed E-state index contributed by atoms with van der Waals surface area (Å²) in [6.45, 7) is 2.81. The lowest BCUT2D eigenvalue weighted by Crippen LogP contribution is -1.98. The molecule has 2 aromatic heterocycles. The van der Waals surface area contributed by atoms with E-state index in [2.05, 4.69) is 5.10 Å². The lowest BCUT2D eigenvalue weighted by atomic mass is 10.1. The van der Waals surface area contributed by atoms with Gasteiger partial charge < -0.3 is 9.84 Å². The van der Waals surface area contributed by atoms with Gasteiger partial charge in [0.2, 0.25) is 0 Å². The smallest absolute Gasteiger partial charge is 0.135 e. The molecule has 0 saturated carbocycles. The zero-order chi connectivity index (χ0) is 11.5. The van der Waals surface area contributed by atoms with Gasteiger partial charge in [-0.2, -0.15) is 5.10 Å². The van der Waals surface area contributed by atoms with Crippen molar-refractivity contribution < 1.29 is 9.84 Å². The van der Waals surface area contributed by atoms with Crippen molar-refractivity contribution in [2.75, 3.05) is 7.11 Å². The highest BCUT2D eigenvalue weighted by Crippen LogP contribution is 2.34. The number of aromatic nitrogens is 2. The molecular weight excluding hydrogens is 224 g/mol. The molecule has 2 aromatic rings. The van der Waals surface area contributed by atoms with Gasteiger partial charge in [0.1, 0.15) is 11.9 Å². The summed E-state index contributed by atoms with van der Waals surface area (Å²) in [5.41, 5.74) is 0.794. The van der Waals surface area contributed by atoms with Gasteiger partial charge in [-0.15, -0.1) is 11.3 Å². The summed E-state index contributed by atoms with van der Waals surface area (Å²) in [6.07, 6.45) is 2.88. The van der Waals surface area contributed by atoms with Crippen LogP contribution in [0.15, 0.2) is 23.8 Å². The van der Waals surface area contributed by atoms with Crippen LogP contribution in [0.4, 0.5) is 0 Å².